The third-order valence-corrected chi connectivity index (χ3v) is 3.34. The lowest BCUT2D eigenvalue weighted by molar-refractivity contribution is -0.302. The summed E-state index contributed by atoms with van der Waals surface area (Å²) in [7, 11) is 0. The molecule has 90 valence electrons. The maximum Gasteiger partial charge on any atom is 0.0742 e. The maximum atomic E-state index is 10.0. The average Bonchev–Trinajstić information content (AvgIpc) is 2.12. The van der Waals surface area contributed by atoms with Gasteiger partial charge in [-0.25, -0.2) is 0 Å². The van der Waals surface area contributed by atoms with Gasteiger partial charge in [-0.2, -0.15) is 5.06 Å². The Morgan fingerprint density at radius 2 is 1.93 bits per heavy atom. The molecule has 0 aliphatic carbocycles. The van der Waals surface area contributed by atoms with E-state index in [1.807, 2.05) is 18.9 Å². The van der Waals surface area contributed by atoms with Crippen LogP contribution in [0.15, 0.2) is 0 Å². The molecule has 3 nitrogen and oxygen atoms in total. The summed E-state index contributed by atoms with van der Waals surface area (Å²) < 4.78 is 0. The quantitative estimate of drug-likeness (QED) is 0.784. The summed E-state index contributed by atoms with van der Waals surface area (Å²) in [5, 5.41) is 12.0. The van der Waals surface area contributed by atoms with E-state index < -0.39 is 0 Å². The van der Waals surface area contributed by atoms with Gasteiger partial charge in [-0.15, -0.1) is 0 Å². The van der Waals surface area contributed by atoms with Gasteiger partial charge in [0.05, 0.1) is 18.2 Å². The van der Waals surface area contributed by atoms with Crippen molar-refractivity contribution in [2.45, 2.75) is 71.1 Å². The van der Waals surface area contributed by atoms with Crippen LogP contribution in [0.1, 0.15) is 53.9 Å². The number of hydrogen-bond donors (Lipinski definition) is 1. The van der Waals surface area contributed by atoms with Crippen LogP contribution in [0.5, 0.6) is 0 Å². The van der Waals surface area contributed by atoms with E-state index in [1.54, 1.807) is 0 Å². The Balaban J connectivity index is 2.81. The van der Waals surface area contributed by atoms with E-state index in [4.69, 9.17) is 4.84 Å². The third kappa shape index (κ3) is 2.52. The smallest absolute Gasteiger partial charge is 0.0742 e. The first kappa shape index (κ1) is 12.9. The number of hydroxylamine groups is 2. The van der Waals surface area contributed by atoms with E-state index in [-0.39, 0.29) is 17.2 Å². The van der Waals surface area contributed by atoms with E-state index in [0.717, 1.165) is 25.9 Å². The van der Waals surface area contributed by atoms with Crippen molar-refractivity contribution in [1.29, 1.82) is 0 Å². The predicted octanol–water partition coefficient (Wildman–Crippen LogP) is 2.34. The average molecular weight is 215 g/mol. The molecule has 15 heavy (non-hydrogen) atoms. The van der Waals surface area contributed by atoms with Gasteiger partial charge in [0.1, 0.15) is 0 Å². The van der Waals surface area contributed by atoms with E-state index in [0.29, 0.717) is 0 Å². The fourth-order valence-electron chi connectivity index (χ4n) is 2.38. The van der Waals surface area contributed by atoms with Crippen LogP contribution in [0.25, 0.3) is 0 Å². The minimum absolute atomic E-state index is 0.0118. The number of nitrogens with zero attached hydrogens (tertiary/aromatic N) is 1. The van der Waals surface area contributed by atoms with E-state index in [9.17, 15) is 5.11 Å². The first-order valence-corrected chi connectivity index (χ1v) is 5.93. The highest BCUT2D eigenvalue weighted by atomic mass is 16.7. The Hall–Kier alpha value is -0.120. The molecule has 1 N–H and O–H groups in total. The molecule has 0 bridgehead atoms. The molecule has 1 saturated heterocycles. The molecule has 0 spiro atoms. The van der Waals surface area contributed by atoms with E-state index in [2.05, 4.69) is 20.8 Å². The van der Waals surface area contributed by atoms with Gasteiger partial charge in [-0.3, -0.25) is 4.84 Å². The molecule has 0 radical (unpaired) electrons. The Morgan fingerprint density at radius 3 is 2.47 bits per heavy atom. The zero-order chi connectivity index (χ0) is 11.7. The monoisotopic (exact) mass is 215 g/mol. The van der Waals surface area contributed by atoms with Crippen LogP contribution >= 0.6 is 0 Å². The molecule has 1 rings (SSSR count). The van der Waals surface area contributed by atoms with Crippen molar-refractivity contribution >= 4 is 0 Å². The Morgan fingerprint density at radius 1 is 1.33 bits per heavy atom. The molecule has 0 aromatic heterocycles. The molecule has 1 heterocycles. The zero-order valence-corrected chi connectivity index (χ0v) is 10.7. The number of piperidine rings is 1. The second kappa shape index (κ2) is 4.40. The van der Waals surface area contributed by atoms with Gasteiger partial charge in [0.15, 0.2) is 0 Å². The van der Waals surface area contributed by atoms with Crippen molar-refractivity contribution in [1.82, 2.24) is 5.06 Å². The minimum Gasteiger partial charge on any atom is -0.391 e. The Labute approximate surface area is 93.4 Å². The molecule has 3 heteroatoms. The largest absolute Gasteiger partial charge is 0.391 e. The highest BCUT2D eigenvalue weighted by molar-refractivity contribution is 4.98. The van der Waals surface area contributed by atoms with Crippen LogP contribution < -0.4 is 0 Å². The van der Waals surface area contributed by atoms with Crippen molar-refractivity contribution < 1.29 is 9.94 Å². The van der Waals surface area contributed by atoms with Gasteiger partial charge in [0, 0.05) is 5.54 Å². The van der Waals surface area contributed by atoms with E-state index >= 15 is 0 Å². The minimum atomic E-state index is -0.303. The van der Waals surface area contributed by atoms with Gasteiger partial charge in [0.25, 0.3) is 0 Å². The molecule has 1 unspecified atom stereocenters. The van der Waals surface area contributed by atoms with Crippen LogP contribution in [0.4, 0.5) is 0 Å². The first-order chi connectivity index (χ1) is 6.82. The van der Waals surface area contributed by atoms with E-state index in [1.165, 1.54) is 0 Å². The summed E-state index contributed by atoms with van der Waals surface area (Å²) in [6.07, 6.45) is 2.52. The maximum absolute atomic E-state index is 10.0. The molecular weight excluding hydrogens is 190 g/mol. The van der Waals surface area contributed by atoms with Crippen LogP contribution in [0.3, 0.4) is 0 Å². The molecular formula is C12H25NO2. The first-order valence-electron chi connectivity index (χ1n) is 5.93. The molecule has 1 atom stereocenters. The predicted molar refractivity (Wildman–Crippen MR) is 61.5 cm³/mol. The summed E-state index contributed by atoms with van der Waals surface area (Å²) in [5.41, 5.74) is -0.283. The standard InChI is InChI=1S/C12H25NO2/c1-6-9-15-13-11(2,3)8-7-10(14)12(13,4)5/h10,14H,6-9H2,1-5H3. The van der Waals surface area contributed by atoms with Crippen molar-refractivity contribution in [3.05, 3.63) is 0 Å². The summed E-state index contributed by atoms with van der Waals surface area (Å²) in [6.45, 7) is 11.3. The Kier molecular flexibility index (Phi) is 3.80. The van der Waals surface area contributed by atoms with Crippen molar-refractivity contribution in [2.75, 3.05) is 6.61 Å². The molecule has 1 aliphatic rings. The highest BCUT2D eigenvalue weighted by Gasteiger charge is 2.47. The van der Waals surface area contributed by atoms with Gasteiger partial charge < -0.3 is 5.11 Å². The van der Waals surface area contributed by atoms with Gasteiger partial charge in [-0.1, -0.05) is 6.92 Å². The normalized spacial score (nSPS) is 30.4. The Bertz CT molecular complexity index is 214. The zero-order valence-electron chi connectivity index (χ0n) is 10.7. The van der Waals surface area contributed by atoms with Gasteiger partial charge in [0.2, 0.25) is 0 Å². The molecule has 0 aromatic carbocycles. The lowest BCUT2D eigenvalue weighted by atomic mass is 9.80. The summed E-state index contributed by atoms with van der Waals surface area (Å²) in [6, 6.07) is 0. The van der Waals surface area contributed by atoms with Crippen LogP contribution in [0, 0.1) is 0 Å². The van der Waals surface area contributed by atoms with Gasteiger partial charge >= 0.3 is 0 Å². The SMILES string of the molecule is CCCON1C(C)(C)CCC(O)C1(C)C. The highest BCUT2D eigenvalue weighted by Crippen LogP contribution is 2.38. The van der Waals surface area contributed by atoms with Gasteiger partial charge in [-0.05, 0) is 47.0 Å². The number of rotatable bonds is 3. The lowest BCUT2D eigenvalue weighted by Crippen LogP contribution is -2.64. The molecule has 0 saturated carbocycles. The number of hydrogen-bond acceptors (Lipinski definition) is 3. The van der Waals surface area contributed by atoms with Crippen LogP contribution in [-0.2, 0) is 4.84 Å². The second-order valence-electron chi connectivity index (χ2n) is 5.65. The summed E-state index contributed by atoms with van der Waals surface area (Å²) in [4.78, 5) is 5.81. The molecule has 1 aliphatic heterocycles. The van der Waals surface area contributed by atoms with Crippen LogP contribution in [0.2, 0.25) is 0 Å². The summed E-state index contributed by atoms with van der Waals surface area (Å²) in [5.74, 6) is 0. The fraction of sp³-hybridized carbons (Fsp3) is 1.00. The fourth-order valence-corrected chi connectivity index (χ4v) is 2.38. The molecule has 0 amide bonds. The number of aliphatic hydroxyl groups excluding tert-OH is 1. The number of aliphatic hydroxyl groups is 1. The molecule has 1 fully saturated rings. The van der Waals surface area contributed by atoms with Crippen molar-refractivity contribution in [2.24, 2.45) is 0 Å². The van der Waals surface area contributed by atoms with Crippen molar-refractivity contribution in [3.63, 3.8) is 0 Å². The molecule has 0 aromatic rings. The van der Waals surface area contributed by atoms with Crippen LogP contribution in [-0.4, -0.2) is 34.0 Å². The second-order valence-corrected chi connectivity index (χ2v) is 5.65. The lowest BCUT2D eigenvalue weighted by Gasteiger charge is -2.53. The topological polar surface area (TPSA) is 32.7 Å². The summed E-state index contributed by atoms with van der Waals surface area (Å²) >= 11 is 0. The van der Waals surface area contributed by atoms with Crippen molar-refractivity contribution in [3.8, 4) is 0 Å². The third-order valence-electron chi connectivity index (χ3n) is 3.34.